The third kappa shape index (κ3) is 2.71. The molecule has 1 aromatic heterocycles. The highest BCUT2D eigenvalue weighted by atomic mass is 32.1. The summed E-state index contributed by atoms with van der Waals surface area (Å²) in [5, 5.41) is 11.9. The van der Waals surface area contributed by atoms with Crippen LogP contribution in [0.1, 0.15) is 47.7 Å². The Kier molecular flexibility index (Phi) is 3.67. The molecule has 106 valence electrons. The summed E-state index contributed by atoms with van der Waals surface area (Å²) in [6.45, 7) is 7.30. The van der Waals surface area contributed by atoms with Crippen molar-refractivity contribution in [3.05, 3.63) is 15.6 Å². The van der Waals surface area contributed by atoms with Crippen molar-refractivity contribution in [1.29, 1.82) is 0 Å². The molecule has 0 spiro atoms. The number of thiazole rings is 1. The third-order valence-electron chi connectivity index (χ3n) is 4.88. The first-order valence-electron chi connectivity index (χ1n) is 7.44. The summed E-state index contributed by atoms with van der Waals surface area (Å²) >= 11 is 1.82. The van der Waals surface area contributed by atoms with Crippen molar-refractivity contribution in [1.82, 2.24) is 9.88 Å². The standard InChI is InChI=1S/C15H24N2OS/c1-11-14(19-12(2)16-11)10-17-8-7-15(18)6-4-3-5-13(15)9-17/h13,18H,3-10H2,1-2H3. The molecule has 1 saturated heterocycles. The largest absolute Gasteiger partial charge is 0.390 e. The second kappa shape index (κ2) is 5.15. The average Bonchev–Trinajstić information content (AvgIpc) is 2.68. The van der Waals surface area contributed by atoms with Crippen LogP contribution in [0.5, 0.6) is 0 Å². The minimum Gasteiger partial charge on any atom is -0.390 e. The number of hydrogen-bond acceptors (Lipinski definition) is 4. The molecular weight excluding hydrogens is 256 g/mol. The maximum absolute atomic E-state index is 10.7. The van der Waals surface area contributed by atoms with Gasteiger partial charge in [-0.2, -0.15) is 0 Å². The highest BCUT2D eigenvalue weighted by Gasteiger charge is 2.42. The number of nitrogens with zero attached hydrogens (tertiary/aromatic N) is 2. The van der Waals surface area contributed by atoms with Crippen LogP contribution >= 0.6 is 11.3 Å². The van der Waals surface area contributed by atoms with Crippen LogP contribution in [0.15, 0.2) is 0 Å². The van der Waals surface area contributed by atoms with Crippen LogP contribution in [-0.4, -0.2) is 33.7 Å². The Morgan fingerprint density at radius 1 is 1.37 bits per heavy atom. The summed E-state index contributed by atoms with van der Waals surface area (Å²) in [6.07, 6.45) is 5.67. The molecule has 0 aromatic carbocycles. The first-order valence-corrected chi connectivity index (χ1v) is 8.26. The maximum Gasteiger partial charge on any atom is 0.0900 e. The van der Waals surface area contributed by atoms with Crippen LogP contribution in [0, 0.1) is 19.8 Å². The third-order valence-corrected chi connectivity index (χ3v) is 5.94. The van der Waals surface area contributed by atoms with Crippen molar-refractivity contribution in [2.24, 2.45) is 5.92 Å². The van der Waals surface area contributed by atoms with E-state index in [2.05, 4.69) is 23.7 Å². The van der Waals surface area contributed by atoms with E-state index in [0.29, 0.717) is 5.92 Å². The van der Waals surface area contributed by atoms with Crippen molar-refractivity contribution in [2.75, 3.05) is 13.1 Å². The van der Waals surface area contributed by atoms with Crippen molar-refractivity contribution in [3.8, 4) is 0 Å². The van der Waals surface area contributed by atoms with Crippen molar-refractivity contribution >= 4 is 11.3 Å². The van der Waals surface area contributed by atoms with Crippen molar-refractivity contribution in [3.63, 3.8) is 0 Å². The summed E-state index contributed by atoms with van der Waals surface area (Å²) in [5.41, 5.74) is 0.833. The molecule has 3 nitrogen and oxygen atoms in total. The highest BCUT2D eigenvalue weighted by Crippen LogP contribution is 2.40. The Morgan fingerprint density at radius 3 is 2.95 bits per heavy atom. The molecule has 0 amide bonds. The van der Waals surface area contributed by atoms with Crippen LogP contribution < -0.4 is 0 Å². The topological polar surface area (TPSA) is 36.4 Å². The van der Waals surface area contributed by atoms with E-state index < -0.39 is 0 Å². The number of likely N-dealkylation sites (tertiary alicyclic amines) is 1. The zero-order valence-corrected chi connectivity index (χ0v) is 12.8. The number of rotatable bonds is 2. The van der Waals surface area contributed by atoms with Gasteiger partial charge < -0.3 is 5.11 Å². The molecule has 1 aliphatic heterocycles. The molecule has 19 heavy (non-hydrogen) atoms. The monoisotopic (exact) mass is 280 g/mol. The van der Waals surface area contributed by atoms with Gasteiger partial charge in [-0.25, -0.2) is 4.98 Å². The van der Waals surface area contributed by atoms with Crippen molar-refractivity contribution < 1.29 is 5.11 Å². The van der Waals surface area contributed by atoms with Crippen LogP contribution in [-0.2, 0) is 6.54 Å². The molecule has 1 saturated carbocycles. The van der Waals surface area contributed by atoms with Gasteiger partial charge in [-0.1, -0.05) is 12.8 Å². The first-order chi connectivity index (χ1) is 9.07. The molecule has 1 aliphatic carbocycles. The van der Waals surface area contributed by atoms with E-state index in [1.54, 1.807) is 0 Å². The molecular formula is C15H24N2OS. The lowest BCUT2D eigenvalue weighted by molar-refractivity contribution is -0.0966. The van der Waals surface area contributed by atoms with E-state index in [1.807, 2.05) is 11.3 Å². The van der Waals surface area contributed by atoms with Crippen LogP contribution in [0.2, 0.25) is 0 Å². The smallest absolute Gasteiger partial charge is 0.0900 e. The molecule has 0 bridgehead atoms. The summed E-state index contributed by atoms with van der Waals surface area (Å²) in [5.74, 6) is 0.490. The predicted molar refractivity (Wildman–Crippen MR) is 78.4 cm³/mol. The van der Waals surface area contributed by atoms with Gasteiger partial charge in [0.05, 0.1) is 16.3 Å². The fourth-order valence-electron chi connectivity index (χ4n) is 3.71. The van der Waals surface area contributed by atoms with E-state index in [9.17, 15) is 5.11 Å². The molecule has 2 aliphatic rings. The summed E-state index contributed by atoms with van der Waals surface area (Å²) in [6, 6.07) is 0. The lowest BCUT2D eigenvalue weighted by Gasteiger charge is -2.47. The van der Waals surface area contributed by atoms with E-state index in [4.69, 9.17) is 0 Å². The fraction of sp³-hybridized carbons (Fsp3) is 0.800. The number of aliphatic hydroxyl groups is 1. The second-order valence-electron chi connectivity index (χ2n) is 6.27. The van der Waals surface area contributed by atoms with Crippen LogP contribution in [0.4, 0.5) is 0 Å². The van der Waals surface area contributed by atoms with Gasteiger partial charge in [-0.3, -0.25) is 4.90 Å². The molecule has 2 heterocycles. The van der Waals surface area contributed by atoms with E-state index in [0.717, 1.165) is 32.5 Å². The second-order valence-corrected chi connectivity index (χ2v) is 7.56. The molecule has 1 aromatic rings. The quantitative estimate of drug-likeness (QED) is 0.905. The lowest BCUT2D eigenvalue weighted by Crippen LogP contribution is -2.52. The Balaban J connectivity index is 1.66. The number of aryl methyl sites for hydroxylation is 2. The van der Waals surface area contributed by atoms with E-state index >= 15 is 0 Å². The van der Waals surface area contributed by atoms with Gasteiger partial charge in [-0.15, -0.1) is 11.3 Å². The Bertz CT molecular complexity index is 459. The van der Waals surface area contributed by atoms with Gasteiger partial charge in [0.1, 0.15) is 0 Å². The van der Waals surface area contributed by atoms with Gasteiger partial charge in [0.15, 0.2) is 0 Å². The Labute approximate surface area is 119 Å². The summed E-state index contributed by atoms with van der Waals surface area (Å²) in [7, 11) is 0. The zero-order chi connectivity index (χ0) is 13.5. The first kappa shape index (κ1) is 13.5. The van der Waals surface area contributed by atoms with Crippen LogP contribution in [0.3, 0.4) is 0 Å². The average molecular weight is 280 g/mol. The lowest BCUT2D eigenvalue weighted by atomic mass is 9.71. The number of aromatic nitrogens is 1. The SMILES string of the molecule is Cc1nc(C)c(CN2CCC3(O)CCCCC3C2)s1. The van der Waals surface area contributed by atoms with Gasteiger partial charge >= 0.3 is 0 Å². The molecule has 2 fully saturated rings. The number of piperidine rings is 1. The zero-order valence-electron chi connectivity index (χ0n) is 12.0. The minimum atomic E-state index is -0.354. The van der Waals surface area contributed by atoms with Crippen molar-refractivity contribution in [2.45, 2.75) is 58.1 Å². The van der Waals surface area contributed by atoms with Gasteiger partial charge in [-0.05, 0) is 33.1 Å². The van der Waals surface area contributed by atoms with Crippen LogP contribution in [0.25, 0.3) is 0 Å². The highest BCUT2D eigenvalue weighted by molar-refractivity contribution is 7.11. The summed E-state index contributed by atoms with van der Waals surface area (Å²) in [4.78, 5) is 8.43. The van der Waals surface area contributed by atoms with Gasteiger partial charge in [0.2, 0.25) is 0 Å². The predicted octanol–water partition coefficient (Wildman–Crippen LogP) is 2.89. The van der Waals surface area contributed by atoms with Gasteiger partial charge in [0.25, 0.3) is 0 Å². The molecule has 4 heteroatoms. The van der Waals surface area contributed by atoms with E-state index in [1.165, 1.54) is 34.8 Å². The van der Waals surface area contributed by atoms with Gasteiger partial charge in [0, 0.05) is 30.4 Å². The molecule has 1 N–H and O–H groups in total. The number of hydrogen-bond donors (Lipinski definition) is 1. The fourth-order valence-corrected chi connectivity index (χ4v) is 4.69. The normalized spacial score (nSPS) is 32.3. The van der Waals surface area contributed by atoms with E-state index in [-0.39, 0.29) is 5.60 Å². The molecule has 2 atom stereocenters. The minimum absolute atomic E-state index is 0.354. The summed E-state index contributed by atoms with van der Waals surface area (Å²) < 4.78 is 0. The molecule has 0 radical (unpaired) electrons. The Hall–Kier alpha value is -0.450. The maximum atomic E-state index is 10.7. The number of fused-ring (bicyclic) bond motifs is 1. The Morgan fingerprint density at radius 2 is 2.21 bits per heavy atom. The molecule has 3 rings (SSSR count). The molecule has 2 unspecified atom stereocenters.